The molecule has 2 rings (SSSR count). The highest BCUT2D eigenvalue weighted by Crippen LogP contribution is 2.31. The van der Waals surface area contributed by atoms with Gasteiger partial charge in [0.2, 0.25) is 0 Å². The molecule has 2 unspecified atom stereocenters. The molecule has 0 aliphatic carbocycles. The monoisotopic (exact) mass is 280 g/mol. The second-order valence-corrected chi connectivity index (χ2v) is 5.46. The van der Waals surface area contributed by atoms with E-state index in [1.807, 2.05) is 25.1 Å². The van der Waals surface area contributed by atoms with Crippen LogP contribution in [0.1, 0.15) is 13.3 Å². The summed E-state index contributed by atoms with van der Waals surface area (Å²) in [6, 6.07) is 7.95. The van der Waals surface area contributed by atoms with E-state index in [1.54, 1.807) is 12.1 Å². The number of para-hydroxylation sites is 1. The van der Waals surface area contributed by atoms with E-state index < -0.39 is 12.0 Å². The van der Waals surface area contributed by atoms with Crippen LogP contribution < -0.4 is 5.32 Å². The van der Waals surface area contributed by atoms with Gasteiger partial charge in [0.25, 0.3) is 0 Å². The third-order valence-corrected chi connectivity index (χ3v) is 4.44. The molecule has 0 aromatic heterocycles. The van der Waals surface area contributed by atoms with E-state index in [0.29, 0.717) is 11.4 Å². The van der Waals surface area contributed by atoms with Gasteiger partial charge in [-0.25, -0.2) is 9.59 Å². The number of carbonyl (C=O) groups is 2. The molecule has 102 valence electrons. The number of anilines is 1. The topological polar surface area (TPSA) is 69.6 Å². The van der Waals surface area contributed by atoms with Gasteiger partial charge in [-0.3, -0.25) is 4.90 Å². The van der Waals surface area contributed by atoms with Crippen molar-refractivity contribution >= 4 is 29.4 Å². The van der Waals surface area contributed by atoms with Crippen LogP contribution >= 0.6 is 11.8 Å². The summed E-state index contributed by atoms with van der Waals surface area (Å²) in [5.41, 5.74) is 0.670. The van der Waals surface area contributed by atoms with Gasteiger partial charge < -0.3 is 10.4 Å². The van der Waals surface area contributed by atoms with Gasteiger partial charge in [-0.15, -0.1) is 11.8 Å². The average Bonchev–Trinajstić information content (AvgIpc) is 2.83. The van der Waals surface area contributed by atoms with E-state index in [-0.39, 0.29) is 11.4 Å². The number of rotatable bonds is 3. The van der Waals surface area contributed by atoms with Crippen LogP contribution in [0.25, 0.3) is 0 Å². The van der Waals surface area contributed by atoms with Gasteiger partial charge >= 0.3 is 12.0 Å². The fourth-order valence-corrected chi connectivity index (χ4v) is 3.40. The summed E-state index contributed by atoms with van der Waals surface area (Å²) < 4.78 is 0. The number of urea groups is 1. The number of carboxylic acids is 1. The van der Waals surface area contributed by atoms with Crippen molar-refractivity contribution in [3.63, 3.8) is 0 Å². The molecule has 2 amide bonds. The maximum atomic E-state index is 12.2. The summed E-state index contributed by atoms with van der Waals surface area (Å²) in [6.07, 6.45) is 0.733. The number of nitrogens with one attached hydrogen (secondary N) is 1. The second-order valence-electron chi connectivity index (χ2n) is 4.25. The molecule has 1 aliphatic rings. The minimum atomic E-state index is -0.952. The molecule has 1 aliphatic heterocycles. The van der Waals surface area contributed by atoms with Gasteiger partial charge in [0, 0.05) is 11.4 Å². The number of aliphatic carboxylic acids is 1. The van der Waals surface area contributed by atoms with E-state index in [4.69, 9.17) is 0 Å². The molecule has 1 heterocycles. The van der Waals surface area contributed by atoms with E-state index in [9.17, 15) is 14.7 Å². The summed E-state index contributed by atoms with van der Waals surface area (Å²) >= 11 is 1.51. The minimum absolute atomic E-state index is 0.0789. The average molecular weight is 280 g/mol. The predicted octanol–water partition coefficient (Wildman–Crippen LogP) is 2.46. The Labute approximate surface area is 116 Å². The van der Waals surface area contributed by atoms with Crippen molar-refractivity contribution in [1.82, 2.24) is 4.90 Å². The highest BCUT2D eigenvalue weighted by Gasteiger charge is 2.40. The molecular weight excluding hydrogens is 264 g/mol. The van der Waals surface area contributed by atoms with Crippen molar-refractivity contribution < 1.29 is 14.7 Å². The van der Waals surface area contributed by atoms with Crippen molar-refractivity contribution in [2.45, 2.75) is 24.8 Å². The molecule has 1 aromatic carbocycles. The molecule has 2 N–H and O–H groups in total. The number of hydrogen-bond acceptors (Lipinski definition) is 3. The lowest BCUT2D eigenvalue weighted by Gasteiger charge is -2.26. The zero-order valence-corrected chi connectivity index (χ0v) is 11.4. The Morgan fingerprint density at radius 1 is 1.42 bits per heavy atom. The number of hydrogen-bond donors (Lipinski definition) is 2. The Hall–Kier alpha value is -1.69. The summed E-state index contributed by atoms with van der Waals surface area (Å²) in [6.45, 7) is 1.95. The quantitative estimate of drug-likeness (QED) is 0.892. The maximum absolute atomic E-state index is 12.2. The van der Waals surface area contributed by atoms with E-state index in [1.165, 1.54) is 16.7 Å². The predicted molar refractivity (Wildman–Crippen MR) is 75.3 cm³/mol. The van der Waals surface area contributed by atoms with E-state index in [0.717, 1.165) is 6.42 Å². The molecule has 2 atom stereocenters. The molecule has 0 spiro atoms. The zero-order valence-electron chi connectivity index (χ0n) is 10.6. The number of carbonyl (C=O) groups excluding carboxylic acids is 1. The third-order valence-electron chi connectivity index (χ3n) is 2.99. The fourth-order valence-electron chi connectivity index (χ4n) is 2.05. The first kappa shape index (κ1) is 13.7. The van der Waals surface area contributed by atoms with Gasteiger partial charge in [-0.2, -0.15) is 0 Å². The Balaban J connectivity index is 2.13. The van der Waals surface area contributed by atoms with Crippen molar-refractivity contribution in [2.75, 3.05) is 11.1 Å². The molecule has 1 aromatic rings. The van der Waals surface area contributed by atoms with Gasteiger partial charge in [-0.1, -0.05) is 25.1 Å². The van der Waals surface area contributed by atoms with Gasteiger partial charge in [0.1, 0.15) is 6.04 Å². The smallest absolute Gasteiger partial charge is 0.327 e. The van der Waals surface area contributed by atoms with Crippen molar-refractivity contribution in [3.8, 4) is 0 Å². The lowest BCUT2D eigenvalue weighted by molar-refractivity contribution is -0.141. The first-order valence-corrected chi connectivity index (χ1v) is 7.17. The molecular formula is C13H16N2O3S. The lowest BCUT2D eigenvalue weighted by atomic mass is 10.2. The zero-order chi connectivity index (χ0) is 13.8. The van der Waals surface area contributed by atoms with Crippen LogP contribution in [-0.4, -0.2) is 39.2 Å². The Bertz CT molecular complexity index is 466. The van der Waals surface area contributed by atoms with Crippen LogP contribution in [0.5, 0.6) is 0 Å². The molecule has 0 radical (unpaired) electrons. The van der Waals surface area contributed by atoms with Gasteiger partial charge in [-0.05, 0) is 18.6 Å². The van der Waals surface area contributed by atoms with Gasteiger partial charge in [0.15, 0.2) is 0 Å². The maximum Gasteiger partial charge on any atom is 0.327 e. The van der Waals surface area contributed by atoms with Crippen LogP contribution in [0, 0.1) is 0 Å². The van der Waals surface area contributed by atoms with E-state index in [2.05, 4.69) is 5.32 Å². The summed E-state index contributed by atoms with van der Waals surface area (Å²) in [5.74, 6) is -0.512. The number of benzene rings is 1. The third kappa shape index (κ3) is 3.01. The van der Waals surface area contributed by atoms with Crippen molar-refractivity contribution in [1.29, 1.82) is 0 Å². The molecule has 1 fully saturated rings. The van der Waals surface area contributed by atoms with Gasteiger partial charge in [0.05, 0.1) is 5.37 Å². The highest BCUT2D eigenvalue weighted by molar-refractivity contribution is 8.00. The number of nitrogens with zero attached hydrogens (tertiary/aromatic N) is 1. The standard InChI is InChI=1S/C13H16N2O3S/c1-2-11-15(10(8-19-11)12(16)17)13(18)14-9-6-4-3-5-7-9/h3-7,10-11H,2,8H2,1H3,(H,14,18)(H,16,17). The first-order valence-electron chi connectivity index (χ1n) is 6.12. The van der Waals surface area contributed by atoms with Crippen LogP contribution in [0.15, 0.2) is 30.3 Å². The molecule has 6 heteroatoms. The van der Waals surface area contributed by atoms with Crippen LogP contribution in [0.4, 0.5) is 10.5 Å². The Kier molecular flexibility index (Phi) is 4.31. The first-order chi connectivity index (χ1) is 9.13. The molecule has 0 saturated carbocycles. The molecule has 0 bridgehead atoms. The molecule has 19 heavy (non-hydrogen) atoms. The molecule has 1 saturated heterocycles. The number of carboxylic acid groups (broad SMARTS) is 1. The summed E-state index contributed by atoms with van der Waals surface area (Å²) in [4.78, 5) is 24.9. The van der Waals surface area contributed by atoms with Crippen LogP contribution in [0.3, 0.4) is 0 Å². The highest BCUT2D eigenvalue weighted by atomic mass is 32.2. The van der Waals surface area contributed by atoms with Crippen LogP contribution in [0.2, 0.25) is 0 Å². The second kappa shape index (κ2) is 5.97. The van der Waals surface area contributed by atoms with Crippen LogP contribution in [-0.2, 0) is 4.79 Å². The van der Waals surface area contributed by atoms with Crippen molar-refractivity contribution in [3.05, 3.63) is 30.3 Å². The summed E-state index contributed by atoms with van der Waals surface area (Å²) in [5, 5.41) is 11.8. The Morgan fingerprint density at radius 3 is 2.68 bits per heavy atom. The summed E-state index contributed by atoms with van der Waals surface area (Å²) in [7, 11) is 0. The molecule has 5 nitrogen and oxygen atoms in total. The largest absolute Gasteiger partial charge is 0.480 e. The van der Waals surface area contributed by atoms with Crippen molar-refractivity contribution in [2.24, 2.45) is 0 Å². The van der Waals surface area contributed by atoms with E-state index >= 15 is 0 Å². The fraction of sp³-hybridized carbons (Fsp3) is 0.385. The normalized spacial score (nSPS) is 22.3. The SMILES string of the molecule is CCC1SCC(C(=O)O)N1C(=O)Nc1ccccc1. The number of thioether (sulfide) groups is 1. The minimum Gasteiger partial charge on any atom is -0.480 e. The lowest BCUT2D eigenvalue weighted by Crippen LogP contribution is -2.47. The number of amides is 2. The Morgan fingerprint density at radius 2 is 2.11 bits per heavy atom.